The molecule has 0 aliphatic rings. The summed E-state index contributed by atoms with van der Waals surface area (Å²) in [5, 5.41) is 23.8. The van der Waals surface area contributed by atoms with Crippen LogP contribution in [0.5, 0.6) is 17.2 Å². The summed E-state index contributed by atoms with van der Waals surface area (Å²) >= 11 is 0. The van der Waals surface area contributed by atoms with Gasteiger partial charge in [-0.25, -0.2) is 4.39 Å². The average molecular weight is 599 g/mol. The predicted molar refractivity (Wildman–Crippen MR) is 177 cm³/mol. The summed E-state index contributed by atoms with van der Waals surface area (Å²) in [5.74, 6) is 0.336. The van der Waals surface area contributed by atoms with Gasteiger partial charge in [-0.05, 0) is 106 Å². The first-order valence-corrected chi connectivity index (χ1v) is 15.7. The zero-order valence-electron chi connectivity index (χ0n) is 26.5. The van der Waals surface area contributed by atoms with Gasteiger partial charge in [0.05, 0.1) is 6.61 Å². The zero-order valence-corrected chi connectivity index (χ0v) is 26.5. The molecule has 0 heterocycles. The first kappa shape index (κ1) is 33.0. The minimum atomic E-state index is -0.605. The number of nitrogens with one attached hydrogen (secondary N) is 1. The maximum Gasteiger partial charge on any atom is 0.164 e. The number of nitrogens with zero attached hydrogens (tertiary/aromatic N) is 1. The van der Waals surface area contributed by atoms with Crippen molar-refractivity contribution in [3.05, 3.63) is 125 Å². The second-order valence-corrected chi connectivity index (χ2v) is 12.0. The van der Waals surface area contributed by atoms with E-state index in [1.807, 2.05) is 30.3 Å². The Hall–Kier alpha value is -3.87. The van der Waals surface area contributed by atoms with Crippen LogP contribution in [0.4, 0.5) is 4.39 Å². The summed E-state index contributed by atoms with van der Waals surface area (Å²) in [6.07, 6.45) is 2.51. The molecular formula is C38H47FN2O3. The highest BCUT2D eigenvalue weighted by molar-refractivity contribution is 5.44. The minimum absolute atomic E-state index is 0.0990. The number of rotatable bonds is 16. The molecule has 0 fully saturated rings. The Labute approximate surface area is 262 Å². The van der Waals surface area contributed by atoms with E-state index >= 15 is 0 Å². The van der Waals surface area contributed by atoms with E-state index in [0.29, 0.717) is 31.0 Å². The van der Waals surface area contributed by atoms with E-state index in [4.69, 9.17) is 4.74 Å². The maximum absolute atomic E-state index is 13.2. The van der Waals surface area contributed by atoms with E-state index in [2.05, 4.69) is 80.4 Å². The van der Waals surface area contributed by atoms with Crippen LogP contribution in [0.1, 0.15) is 67.9 Å². The predicted octanol–water partition coefficient (Wildman–Crippen LogP) is 7.83. The molecule has 44 heavy (non-hydrogen) atoms. The Morgan fingerprint density at radius 2 is 1.43 bits per heavy atom. The molecule has 0 saturated carbocycles. The maximum atomic E-state index is 13.2. The fourth-order valence-electron chi connectivity index (χ4n) is 5.79. The molecule has 0 aromatic heterocycles. The number of benzene rings is 4. The van der Waals surface area contributed by atoms with Crippen molar-refractivity contribution in [3.8, 4) is 17.2 Å². The molecule has 3 N–H and O–H groups in total. The number of hydrogen-bond donors (Lipinski definition) is 3. The molecule has 1 atom stereocenters. The Kier molecular flexibility index (Phi) is 12.2. The molecule has 0 radical (unpaired) electrons. The molecule has 0 saturated heterocycles. The Balaban J connectivity index is 1.31. The van der Waals surface area contributed by atoms with Gasteiger partial charge >= 0.3 is 0 Å². The van der Waals surface area contributed by atoms with Crippen molar-refractivity contribution >= 4 is 0 Å². The molecule has 0 unspecified atom stereocenters. The van der Waals surface area contributed by atoms with Gasteiger partial charge < -0.3 is 20.3 Å². The smallest absolute Gasteiger partial charge is 0.164 e. The fourth-order valence-corrected chi connectivity index (χ4v) is 5.79. The van der Waals surface area contributed by atoms with Crippen LogP contribution in [0.25, 0.3) is 0 Å². The van der Waals surface area contributed by atoms with Crippen molar-refractivity contribution in [2.45, 2.75) is 71.5 Å². The third-order valence-electron chi connectivity index (χ3n) is 8.18. The molecule has 6 heteroatoms. The second-order valence-electron chi connectivity index (χ2n) is 12.0. The molecular weight excluding hydrogens is 551 g/mol. The van der Waals surface area contributed by atoms with Crippen LogP contribution >= 0.6 is 0 Å². The standard InChI is InChI=1S/C38H47FN2O3/c1-27(2)41(28(3)4)22-19-34(32-8-6-5-7-9-32)35-24-30(13-17-37(35)42)20-23-44-33-14-10-29(11-15-33)18-21-40-26-31-12-16-36(39)38(43)25-31/h5-17,24-25,27-28,34,40,42-43H,18-23,26H2,1-4H3/t34-/m1/s1. The number of ether oxygens (including phenoxy) is 1. The van der Waals surface area contributed by atoms with Crippen molar-refractivity contribution in [2.24, 2.45) is 0 Å². The van der Waals surface area contributed by atoms with Crippen LogP contribution in [-0.2, 0) is 19.4 Å². The van der Waals surface area contributed by atoms with Crippen LogP contribution in [0.15, 0.2) is 91.0 Å². The van der Waals surface area contributed by atoms with E-state index < -0.39 is 5.82 Å². The lowest BCUT2D eigenvalue weighted by Gasteiger charge is -2.32. The van der Waals surface area contributed by atoms with Gasteiger partial charge in [-0.15, -0.1) is 0 Å². The SMILES string of the molecule is CC(C)N(CC[C@H](c1ccccc1)c1cc(CCOc2ccc(CCNCc3ccc(F)c(O)c3)cc2)ccc1O)C(C)C. The molecule has 4 aromatic carbocycles. The number of halogens is 1. The molecule has 0 amide bonds. The normalized spacial score (nSPS) is 12.3. The summed E-state index contributed by atoms with van der Waals surface area (Å²) in [4.78, 5) is 2.51. The van der Waals surface area contributed by atoms with Crippen molar-refractivity contribution in [1.29, 1.82) is 0 Å². The van der Waals surface area contributed by atoms with Crippen LogP contribution in [-0.4, -0.2) is 46.9 Å². The van der Waals surface area contributed by atoms with E-state index in [-0.39, 0.29) is 11.7 Å². The number of phenols is 2. The third-order valence-corrected chi connectivity index (χ3v) is 8.18. The van der Waals surface area contributed by atoms with Gasteiger partial charge in [0.25, 0.3) is 0 Å². The van der Waals surface area contributed by atoms with E-state index in [9.17, 15) is 14.6 Å². The van der Waals surface area contributed by atoms with Crippen LogP contribution in [0.3, 0.4) is 0 Å². The van der Waals surface area contributed by atoms with Crippen molar-refractivity contribution in [3.63, 3.8) is 0 Å². The topological polar surface area (TPSA) is 65.0 Å². The lowest BCUT2D eigenvalue weighted by molar-refractivity contribution is 0.170. The van der Waals surface area contributed by atoms with Crippen LogP contribution in [0, 0.1) is 5.82 Å². The van der Waals surface area contributed by atoms with Crippen LogP contribution < -0.4 is 10.1 Å². The minimum Gasteiger partial charge on any atom is -0.508 e. The summed E-state index contributed by atoms with van der Waals surface area (Å²) in [6, 6.07) is 29.9. The summed E-state index contributed by atoms with van der Waals surface area (Å²) in [5.41, 5.74) is 5.35. The van der Waals surface area contributed by atoms with Gasteiger partial charge in [0, 0.05) is 36.5 Å². The highest BCUT2D eigenvalue weighted by atomic mass is 19.1. The highest BCUT2D eigenvalue weighted by Gasteiger charge is 2.21. The Morgan fingerprint density at radius 1 is 0.750 bits per heavy atom. The fraction of sp³-hybridized carbons (Fsp3) is 0.368. The molecule has 0 spiro atoms. The van der Waals surface area contributed by atoms with Crippen molar-refractivity contribution in [2.75, 3.05) is 19.7 Å². The lowest BCUT2D eigenvalue weighted by Crippen LogP contribution is -2.38. The van der Waals surface area contributed by atoms with E-state index in [1.165, 1.54) is 23.3 Å². The quantitative estimate of drug-likeness (QED) is 0.115. The monoisotopic (exact) mass is 598 g/mol. The lowest BCUT2D eigenvalue weighted by atomic mass is 9.86. The number of phenolic OH excluding ortho intramolecular Hbond substituents is 2. The van der Waals surface area contributed by atoms with Gasteiger partial charge in [-0.2, -0.15) is 0 Å². The number of aromatic hydroxyl groups is 2. The molecule has 0 aliphatic heterocycles. The highest BCUT2D eigenvalue weighted by Crippen LogP contribution is 2.35. The molecule has 0 aliphatic carbocycles. The molecule has 234 valence electrons. The zero-order chi connectivity index (χ0) is 31.5. The first-order chi connectivity index (χ1) is 21.2. The molecule has 0 bridgehead atoms. The average Bonchev–Trinajstić information content (AvgIpc) is 3.01. The molecule has 4 rings (SSSR count). The van der Waals surface area contributed by atoms with Gasteiger partial charge in [0.15, 0.2) is 11.6 Å². The summed E-state index contributed by atoms with van der Waals surface area (Å²) < 4.78 is 19.3. The van der Waals surface area contributed by atoms with E-state index in [1.54, 1.807) is 6.07 Å². The van der Waals surface area contributed by atoms with E-state index in [0.717, 1.165) is 54.8 Å². The number of hydrogen-bond acceptors (Lipinski definition) is 5. The summed E-state index contributed by atoms with van der Waals surface area (Å²) in [6.45, 7) is 11.8. The summed E-state index contributed by atoms with van der Waals surface area (Å²) in [7, 11) is 0. The van der Waals surface area contributed by atoms with Gasteiger partial charge in [0.1, 0.15) is 11.5 Å². The van der Waals surface area contributed by atoms with Crippen LogP contribution in [0.2, 0.25) is 0 Å². The Morgan fingerprint density at radius 3 is 2.11 bits per heavy atom. The van der Waals surface area contributed by atoms with Crippen molar-refractivity contribution in [1.82, 2.24) is 10.2 Å². The van der Waals surface area contributed by atoms with Crippen molar-refractivity contribution < 1.29 is 19.3 Å². The first-order valence-electron chi connectivity index (χ1n) is 15.7. The second kappa shape index (κ2) is 16.3. The third kappa shape index (κ3) is 9.57. The largest absolute Gasteiger partial charge is 0.508 e. The van der Waals surface area contributed by atoms with Gasteiger partial charge in [-0.3, -0.25) is 4.90 Å². The molecule has 5 nitrogen and oxygen atoms in total. The molecule has 4 aromatic rings. The Bertz CT molecular complexity index is 1430. The van der Waals surface area contributed by atoms with Gasteiger partial charge in [-0.1, -0.05) is 60.7 Å². The van der Waals surface area contributed by atoms with Gasteiger partial charge in [0.2, 0.25) is 0 Å².